The van der Waals surface area contributed by atoms with Crippen LogP contribution in [0.25, 0.3) is 22.2 Å². The highest BCUT2D eigenvalue weighted by molar-refractivity contribution is 6.01. The van der Waals surface area contributed by atoms with Gasteiger partial charge in [0.25, 0.3) is 5.91 Å². The Morgan fingerprint density at radius 3 is 2.43 bits per heavy atom. The van der Waals surface area contributed by atoms with E-state index in [-0.39, 0.29) is 5.91 Å². The fraction of sp³-hybridized carbons (Fsp3) is 0.200. The Morgan fingerprint density at radius 1 is 0.800 bits per heavy atom. The van der Waals surface area contributed by atoms with E-state index < -0.39 is 0 Å². The van der Waals surface area contributed by atoms with Crippen molar-refractivity contribution in [2.45, 2.75) is 6.42 Å². The second-order valence-corrected chi connectivity index (χ2v) is 7.62. The first-order valence-electron chi connectivity index (χ1n) is 10.4. The molecular weight excluding hydrogens is 372 g/mol. The number of para-hydroxylation sites is 2. The number of anilines is 1. The molecule has 5 nitrogen and oxygen atoms in total. The van der Waals surface area contributed by atoms with E-state index in [0.29, 0.717) is 6.54 Å². The van der Waals surface area contributed by atoms with E-state index in [1.807, 2.05) is 71.6 Å². The Morgan fingerprint density at radius 2 is 1.57 bits per heavy atom. The van der Waals surface area contributed by atoms with Gasteiger partial charge >= 0.3 is 0 Å². The maximum atomic E-state index is 13.4. The van der Waals surface area contributed by atoms with E-state index in [9.17, 15) is 4.79 Å². The highest BCUT2D eigenvalue weighted by Gasteiger charge is 2.23. The molecular formula is C25H24N4O. The van der Waals surface area contributed by atoms with Crippen molar-refractivity contribution < 1.29 is 4.79 Å². The molecule has 1 aliphatic heterocycles. The van der Waals surface area contributed by atoms with Gasteiger partial charge in [0.05, 0.1) is 11.0 Å². The SMILES string of the molecule is O=C(c1ccccc1-c1ccccc1)N1CCCN(c2nc3ccccc3[nH]2)CC1. The molecule has 1 amide bonds. The summed E-state index contributed by atoms with van der Waals surface area (Å²) in [5.74, 6) is 0.982. The number of nitrogens with one attached hydrogen (secondary N) is 1. The van der Waals surface area contributed by atoms with Crippen molar-refractivity contribution in [1.82, 2.24) is 14.9 Å². The molecule has 0 unspecified atom stereocenters. The lowest BCUT2D eigenvalue weighted by Crippen LogP contribution is -2.35. The monoisotopic (exact) mass is 396 g/mol. The van der Waals surface area contributed by atoms with Gasteiger partial charge in [-0.25, -0.2) is 4.98 Å². The topological polar surface area (TPSA) is 52.2 Å². The highest BCUT2D eigenvalue weighted by atomic mass is 16.2. The summed E-state index contributed by atoms with van der Waals surface area (Å²) in [5, 5.41) is 0. The van der Waals surface area contributed by atoms with Crippen LogP contribution in [0.5, 0.6) is 0 Å². The normalized spacial score (nSPS) is 14.7. The third kappa shape index (κ3) is 3.54. The first-order chi connectivity index (χ1) is 14.8. The third-order valence-electron chi connectivity index (χ3n) is 5.70. The summed E-state index contributed by atoms with van der Waals surface area (Å²) in [7, 11) is 0. The Kier molecular flexibility index (Phi) is 4.93. The van der Waals surface area contributed by atoms with Crippen molar-refractivity contribution in [3.63, 3.8) is 0 Å². The lowest BCUT2D eigenvalue weighted by molar-refractivity contribution is 0.0768. The predicted octanol–water partition coefficient (Wildman–Crippen LogP) is 4.58. The van der Waals surface area contributed by atoms with Gasteiger partial charge in [0.15, 0.2) is 0 Å². The first-order valence-corrected chi connectivity index (χ1v) is 10.4. The van der Waals surface area contributed by atoms with Crippen molar-refractivity contribution in [1.29, 1.82) is 0 Å². The number of rotatable bonds is 3. The van der Waals surface area contributed by atoms with Gasteiger partial charge in [0.1, 0.15) is 0 Å². The molecule has 1 N–H and O–H groups in total. The van der Waals surface area contributed by atoms with Crippen LogP contribution in [0.15, 0.2) is 78.9 Å². The number of benzene rings is 3. The van der Waals surface area contributed by atoms with Gasteiger partial charge in [0, 0.05) is 31.7 Å². The number of fused-ring (bicyclic) bond motifs is 1. The van der Waals surface area contributed by atoms with Gasteiger partial charge in [-0.1, -0.05) is 60.7 Å². The molecule has 2 heterocycles. The van der Waals surface area contributed by atoms with Gasteiger partial charge in [-0.05, 0) is 35.7 Å². The molecule has 4 aromatic rings. The minimum absolute atomic E-state index is 0.0981. The molecule has 5 rings (SSSR count). The quantitative estimate of drug-likeness (QED) is 0.551. The van der Waals surface area contributed by atoms with Gasteiger partial charge < -0.3 is 14.8 Å². The van der Waals surface area contributed by atoms with E-state index in [0.717, 1.165) is 59.7 Å². The molecule has 0 bridgehead atoms. The van der Waals surface area contributed by atoms with Gasteiger partial charge in [-0.3, -0.25) is 4.79 Å². The van der Waals surface area contributed by atoms with Crippen molar-refractivity contribution in [3.05, 3.63) is 84.4 Å². The first kappa shape index (κ1) is 18.4. The van der Waals surface area contributed by atoms with Gasteiger partial charge in [-0.15, -0.1) is 0 Å². The maximum Gasteiger partial charge on any atom is 0.254 e. The summed E-state index contributed by atoms with van der Waals surface area (Å²) < 4.78 is 0. The van der Waals surface area contributed by atoms with E-state index >= 15 is 0 Å². The standard InChI is InChI=1S/C25H24N4O/c30-24(21-12-5-4-11-20(21)19-9-2-1-3-10-19)28-15-8-16-29(18-17-28)25-26-22-13-6-7-14-23(22)27-25/h1-7,9-14H,8,15-18H2,(H,26,27). The number of carbonyl (C=O) groups excluding carboxylic acids is 1. The van der Waals surface area contributed by atoms with Gasteiger partial charge in [0.2, 0.25) is 5.95 Å². The van der Waals surface area contributed by atoms with Crippen LogP contribution in [0.1, 0.15) is 16.8 Å². The summed E-state index contributed by atoms with van der Waals surface area (Å²) in [5.41, 5.74) is 4.84. The fourth-order valence-corrected chi connectivity index (χ4v) is 4.13. The second-order valence-electron chi connectivity index (χ2n) is 7.62. The predicted molar refractivity (Wildman–Crippen MR) is 121 cm³/mol. The van der Waals surface area contributed by atoms with Crippen molar-refractivity contribution >= 4 is 22.9 Å². The van der Waals surface area contributed by atoms with Crippen LogP contribution in [0, 0.1) is 0 Å². The largest absolute Gasteiger partial charge is 0.341 e. The summed E-state index contributed by atoms with van der Waals surface area (Å²) in [4.78, 5) is 25.8. The van der Waals surface area contributed by atoms with Crippen molar-refractivity contribution in [2.75, 3.05) is 31.1 Å². The van der Waals surface area contributed by atoms with Crippen LogP contribution < -0.4 is 4.90 Å². The van der Waals surface area contributed by atoms with E-state index in [1.54, 1.807) is 0 Å². The minimum atomic E-state index is 0.0981. The molecule has 5 heteroatoms. The molecule has 0 atom stereocenters. The zero-order valence-electron chi connectivity index (χ0n) is 16.8. The molecule has 0 spiro atoms. The van der Waals surface area contributed by atoms with E-state index in [2.05, 4.69) is 22.0 Å². The summed E-state index contributed by atoms with van der Waals surface area (Å²) in [6.07, 6.45) is 0.913. The Balaban J connectivity index is 1.36. The molecule has 1 saturated heterocycles. The Labute approximate surface area is 176 Å². The number of aromatic amines is 1. The van der Waals surface area contributed by atoms with Gasteiger partial charge in [-0.2, -0.15) is 0 Å². The molecule has 30 heavy (non-hydrogen) atoms. The van der Waals surface area contributed by atoms with E-state index in [4.69, 9.17) is 4.98 Å². The molecule has 3 aromatic carbocycles. The van der Waals surface area contributed by atoms with Crippen LogP contribution in [-0.4, -0.2) is 47.0 Å². The average molecular weight is 396 g/mol. The van der Waals surface area contributed by atoms with E-state index in [1.165, 1.54) is 0 Å². The average Bonchev–Trinajstić information content (AvgIpc) is 3.08. The zero-order valence-corrected chi connectivity index (χ0v) is 16.8. The number of H-pyrrole nitrogens is 1. The number of amides is 1. The van der Waals surface area contributed by atoms with Crippen LogP contribution >= 0.6 is 0 Å². The lowest BCUT2D eigenvalue weighted by atomic mass is 9.99. The summed E-state index contributed by atoms with van der Waals surface area (Å²) in [6.45, 7) is 3.07. The van der Waals surface area contributed by atoms with Crippen LogP contribution in [-0.2, 0) is 0 Å². The molecule has 1 fully saturated rings. The van der Waals surface area contributed by atoms with Crippen LogP contribution in [0.4, 0.5) is 5.95 Å². The summed E-state index contributed by atoms with van der Waals surface area (Å²) in [6, 6.07) is 26.1. The molecule has 0 radical (unpaired) electrons. The van der Waals surface area contributed by atoms with Crippen LogP contribution in [0.2, 0.25) is 0 Å². The second kappa shape index (κ2) is 8.03. The van der Waals surface area contributed by atoms with Crippen molar-refractivity contribution in [3.8, 4) is 11.1 Å². The number of hydrogen-bond donors (Lipinski definition) is 1. The lowest BCUT2D eigenvalue weighted by Gasteiger charge is -2.23. The molecule has 1 aliphatic rings. The number of imidazole rings is 1. The zero-order chi connectivity index (χ0) is 20.3. The Hall–Kier alpha value is -3.60. The van der Waals surface area contributed by atoms with Crippen molar-refractivity contribution in [2.24, 2.45) is 0 Å². The number of aromatic nitrogens is 2. The summed E-state index contributed by atoms with van der Waals surface area (Å²) >= 11 is 0. The highest BCUT2D eigenvalue weighted by Crippen LogP contribution is 2.25. The molecule has 0 saturated carbocycles. The number of nitrogens with zero attached hydrogens (tertiary/aromatic N) is 3. The molecule has 0 aliphatic carbocycles. The molecule has 150 valence electrons. The number of hydrogen-bond acceptors (Lipinski definition) is 3. The molecule has 1 aromatic heterocycles. The maximum absolute atomic E-state index is 13.4. The Bertz CT molecular complexity index is 1130. The minimum Gasteiger partial charge on any atom is -0.341 e. The fourth-order valence-electron chi connectivity index (χ4n) is 4.13. The smallest absolute Gasteiger partial charge is 0.254 e. The van der Waals surface area contributed by atoms with Crippen LogP contribution in [0.3, 0.4) is 0 Å². The number of carbonyl (C=O) groups is 1. The third-order valence-corrected chi connectivity index (χ3v) is 5.70.